The lowest BCUT2D eigenvalue weighted by Gasteiger charge is -2.06. The van der Waals surface area contributed by atoms with Crippen molar-refractivity contribution in [2.45, 2.75) is 12.0 Å². The molecule has 0 saturated heterocycles. The summed E-state index contributed by atoms with van der Waals surface area (Å²) in [4.78, 5) is 33.5. The lowest BCUT2D eigenvalue weighted by atomic mass is 10.3. The van der Waals surface area contributed by atoms with E-state index in [0.717, 1.165) is 18.7 Å². The summed E-state index contributed by atoms with van der Waals surface area (Å²) in [5.74, 6) is -1.37. The van der Waals surface area contributed by atoms with Gasteiger partial charge in [-0.25, -0.2) is 24.3 Å². The molecule has 2 aromatic heterocycles. The van der Waals surface area contributed by atoms with Crippen LogP contribution in [0.2, 0.25) is 0 Å². The molecule has 0 aliphatic carbocycles. The summed E-state index contributed by atoms with van der Waals surface area (Å²) in [5.41, 5.74) is -0.601. The van der Waals surface area contributed by atoms with Crippen molar-refractivity contribution in [3.05, 3.63) is 30.0 Å². The number of amides is 2. The maximum Gasteiger partial charge on any atom is 0.340 e. The number of carbonyl (C=O) groups is 2. The predicted octanol–water partition coefficient (Wildman–Crippen LogP) is -0.0184. The summed E-state index contributed by atoms with van der Waals surface area (Å²) in [5, 5.41) is 10.0. The Hall–Kier alpha value is -3.02. The minimum Gasteiger partial charge on any atom is -0.478 e. The van der Waals surface area contributed by atoms with Gasteiger partial charge < -0.3 is 9.52 Å². The average Bonchev–Trinajstić information content (AvgIpc) is 2.87. The van der Waals surface area contributed by atoms with Crippen molar-refractivity contribution < 1.29 is 27.5 Å². The number of rotatable bonds is 4. The maximum atomic E-state index is 11.9. The molecule has 0 aliphatic heterocycles. The fraction of sp³-hybridized carbons (Fsp3) is 0.100. The third-order valence-electron chi connectivity index (χ3n) is 2.25. The Morgan fingerprint density at radius 1 is 1.32 bits per heavy atom. The highest BCUT2D eigenvalue weighted by Crippen LogP contribution is 2.16. The second-order valence-electron chi connectivity index (χ2n) is 3.84. The monoisotopic (exact) mass is 327 g/mol. The molecule has 0 aromatic carbocycles. The number of carboxylic acids is 1. The fourth-order valence-corrected chi connectivity index (χ4v) is 2.41. The number of carboxylic acid groups (broad SMARTS) is 1. The third-order valence-corrected chi connectivity index (χ3v) is 3.51. The Labute approximate surface area is 123 Å². The summed E-state index contributed by atoms with van der Waals surface area (Å²) in [7, 11) is -4.50. The number of hydrogen-bond acceptors (Lipinski definition) is 8. The molecule has 22 heavy (non-hydrogen) atoms. The summed E-state index contributed by atoms with van der Waals surface area (Å²) in [6, 6.07) is -0.234. The van der Waals surface area contributed by atoms with Gasteiger partial charge in [-0.1, -0.05) is 0 Å². The van der Waals surface area contributed by atoms with Crippen LogP contribution in [0.5, 0.6) is 0 Å². The van der Waals surface area contributed by atoms with Crippen molar-refractivity contribution in [2.75, 3.05) is 5.32 Å². The second-order valence-corrected chi connectivity index (χ2v) is 5.42. The molecular formula is C10H9N5O6S. The number of carbonyl (C=O) groups excluding carboxylic acids is 1. The zero-order valence-corrected chi connectivity index (χ0v) is 11.8. The van der Waals surface area contributed by atoms with Crippen LogP contribution in [0, 0.1) is 6.92 Å². The fourth-order valence-electron chi connectivity index (χ4n) is 1.40. The minimum atomic E-state index is -4.50. The number of anilines is 1. The molecule has 2 aromatic rings. The highest BCUT2D eigenvalue weighted by Gasteiger charge is 2.28. The van der Waals surface area contributed by atoms with Crippen LogP contribution in [-0.2, 0) is 10.0 Å². The second kappa shape index (κ2) is 5.77. The van der Waals surface area contributed by atoms with Crippen LogP contribution >= 0.6 is 0 Å². The Morgan fingerprint density at radius 3 is 2.68 bits per heavy atom. The van der Waals surface area contributed by atoms with Crippen molar-refractivity contribution in [1.82, 2.24) is 19.7 Å². The topological polar surface area (TPSA) is 164 Å². The SMILES string of the molecule is Cc1ncnc(NC(=O)NS(=O)(=O)c2occc2C(=O)O)n1. The molecule has 0 atom stereocenters. The lowest BCUT2D eigenvalue weighted by Crippen LogP contribution is -2.35. The Balaban J connectivity index is 2.16. The average molecular weight is 327 g/mol. The molecule has 11 nitrogen and oxygen atoms in total. The van der Waals surface area contributed by atoms with Gasteiger partial charge in [0.05, 0.1) is 6.26 Å². The van der Waals surface area contributed by atoms with E-state index < -0.39 is 32.7 Å². The molecular weight excluding hydrogens is 318 g/mol. The first-order chi connectivity index (χ1) is 10.3. The number of nitrogens with one attached hydrogen (secondary N) is 2. The zero-order valence-electron chi connectivity index (χ0n) is 11.0. The largest absolute Gasteiger partial charge is 0.478 e. The number of aromatic nitrogens is 3. The number of aromatic carboxylic acids is 1. The Bertz CT molecular complexity index is 830. The van der Waals surface area contributed by atoms with Crippen LogP contribution < -0.4 is 10.0 Å². The van der Waals surface area contributed by atoms with Gasteiger partial charge in [-0.3, -0.25) is 5.32 Å². The van der Waals surface area contributed by atoms with Crippen LogP contribution in [0.25, 0.3) is 0 Å². The van der Waals surface area contributed by atoms with E-state index >= 15 is 0 Å². The van der Waals surface area contributed by atoms with Crippen molar-refractivity contribution in [2.24, 2.45) is 0 Å². The molecule has 0 unspecified atom stereocenters. The molecule has 12 heteroatoms. The Kier molecular flexibility index (Phi) is 4.03. The van der Waals surface area contributed by atoms with Crippen molar-refractivity contribution >= 4 is 28.0 Å². The molecule has 0 fully saturated rings. The Morgan fingerprint density at radius 2 is 2.05 bits per heavy atom. The number of hydrogen-bond donors (Lipinski definition) is 3. The quantitative estimate of drug-likeness (QED) is 0.699. The normalized spacial score (nSPS) is 11.0. The van der Waals surface area contributed by atoms with E-state index in [0.29, 0.717) is 5.82 Å². The number of aryl methyl sites for hydroxylation is 1. The first-order valence-corrected chi connectivity index (χ1v) is 7.08. The maximum absolute atomic E-state index is 11.9. The predicted molar refractivity (Wildman–Crippen MR) is 69.6 cm³/mol. The standard InChI is InChI=1S/C10H9N5O6S/c1-5-11-4-12-9(13-5)14-10(18)15-22(19,20)8-6(7(16)17)2-3-21-8/h2-4H,1H3,(H,16,17)(H2,11,12,13,14,15,18). The molecule has 2 heterocycles. The smallest absolute Gasteiger partial charge is 0.340 e. The molecule has 116 valence electrons. The van der Waals surface area contributed by atoms with Crippen molar-refractivity contribution in [3.8, 4) is 0 Å². The third kappa shape index (κ3) is 3.35. The minimum absolute atomic E-state index is 0.168. The first kappa shape index (κ1) is 15.4. The molecule has 0 aliphatic rings. The van der Waals surface area contributed by atoms with Crippen molar-refractivity contribution in [1.29, 1.82) is 0 Å². The molecule has 2 amide bonds. The van der Waals surface area contributed by atoms with Crippen LogP contribution in [0.4, 0.5) is 10.7 Å². The molecule has 0 bridgehead atoms. The van der Waals surface area contributed by atoms with Crippen LogP contribution in [0.15, 0.2) is 28.2 Å². The number of urea groups is 1. The van der Waals surface area contributed by atoms with Crippen LogP contribution in [-0.4, -0.2) is 40.5 Å². The highest BCUT2D eigenvalue weighted by molar-refractivity contribution is 7.90. The lowest BCUT2D eigenvalue weighted by molar-refractivity contribution is 0.0689. The summed E-state index contributed by atoms with van der Waals surface area (Å²) in [6.07, 6.45) is 2.01. The summed E-state index contributed by atoms with van der Waals surface area (Å²) >= 11 is 0. The van der Waals surface area contributed by atoms with E-state index in [1.807, 2.05) is 0 Å². The van der Waals surface area contributed by atoms with Gasteiger partial charge in [-0.15, -0.1) is 0 Å². The van der Waals surface area contributed by atoms with Gasteiger partial charge in [0.1, 0.15) is 17.7 Å². The molecule has 0 radical (unpaired) electrons. The van der Waals surface area contributed by atoms with Gasteiger partial charge in [0.25, 0.3) is 15.1 Å². The zero-order chi connectivity index (χ0) is 16.3. The van der Waals surface area contributed by atoms with Crippen LogP contribution in [0.1, 0.15) is 16.2 Å². The van der Waals surface area contributed by atoms with E-state index in [9.17, 15) is 18.0 Å². The van der Waals surface area contributed by atoms with E-state index in [1.54, 1.807) is 11.6 Å². The molecule has 2 rings (SSSR count). The van der Waals surface area contributed by atoms with Gasteiger partial charge >= 0.3 is 12.0 Å². The van der Waals surface area contributed by atoms with Gasteiger partial charge in [-0.05, 0) is 13.0 Å². The molecule has 0 saturated carbocycles. The molecule has 3 N–H and O–H groups in total. The first-order valence-electron chi connectivity index (χ1n) is 5.60. The van der Waals surface area contributed by atoms with Gasteiger partial charge in [0, 0.05) is 0 Å². The van der Waals surface area contributed by atoms with Gasteiger partial charge in [-0.2, -0.15) is 13.4 Å². The highest BCUT2D eigenvalue weighted by atomic mass is 32.2. The van der Waals surface area contributed by atoms with E-state index in [-0.39, 0.29) is 5.95 Å². The van der Waals surface area contributed by atoms with Gasteiger partial charge in [0.2, 0.25) is 5.95 Å². The number of sulfonamides is 1. The molecule has 0 spiro atoms. The van der Waals surface area contributed by atoms with E-state index in [4.69, 9.17) is 5.11 Å². The number of furan rings is 1. The van der Waals surface area contributed by atoms with Crippen molar-refractivity contribution in [3.63, 3.8) is 0 Å². The van der Waals surface area contributed by atoms with E-state index in [1.165, 1.54) is 0 Å². The van der Waals surface area contributed by atoms with E-state index in [2.05, 4.69) is 24.7 Å². The summed E-state index contributed by atoms with van der Waals surface area (Å²) < 4.78 is 30.0. The summed E-state index contributed by atoms with van der Waals surface area (Å²) in [6.45, 7) is 1.55. The number of nitrogens with zero attached hydrogens (tertiary/aromatic N) is 3. The van der Waals surface area contributed by atoms with Crippen LogP contribution in [0.3, 0.4) is 0 Å². The van der Waals surface area contributed by atoms with Gasteiger partial charge in [0.15, 0.2) is 0 Å².